The number of aryl methyl sites for hydroxylation is 1. The van der Waals surface area contributed by atoms with Gasteiger partial charge in [0.25, 0.3) is 0 Å². The Balaban J connectivity index is 1.33. The van der Waals surface area contributed by atoms with E-state index in [4.69, 9.17) is 10.5 Å². The molecule has 1 aliphatic rings. The van der Waals surface area contributed by atoms with E-state index in [1.165, 1.54) is 22.3 Å². The molecule has 0 radical (unpaired) electrons. The molecule has 146 valence electrons. The number of amides is 1. The lowest BCUT2D eigenvalue weighted by molar-refractivity contribution is 0.144. The number of nitrogens with one attached hydrogen (secondary N) is 1. The Morgan fingerprint density at radius 3 is 2.45 bits per heavy atom. The summed E-state index contributed by atoms with van der Waals surface area (Å²) in [7, 11) is 0. The minimum Gasteiger partial charge on any atom is -0.449 e. The molecule has 0 saturated carbocycles. The maximum Gasteiger partial charge on any atom is 0.407 e. The van der Waals surface area contributed by atoms with Gasteiger partial charge in [-0.1, -0.05) is 60.7 Å². The van der Waals surface area contributed by atoms with E-state index in [2.05, 4.69) is 34.6 Å². The number of carbonyl (C=O) groups excluding carboxylic acids is 1. The third kappa shape index (κ3) is 3.99. The molecular formula is C24H23N3O2. The number of pyridine rings is 1. The van der Waals surface area contributed by atoms with E-state index in [0.717, 1.165) is 11.1 Å². The van der Waals surface area contributed by atoms with E-state index >= 15 is 0 Å². The van der Waals surface area contributed by atoms with Crippen molar-refractivity contribution in [2.45, 2.75) is 12.8 Å². The van der Waals surface area contributed by atoms with Crippen molar-refractivity contribution < 1.29 is 9.53 Å². The third-order valence-corrected chi connectivity index (χ3v) is 5.16. The molecule has 5 nitrogen and oxygen atoms in total. The van der Waals surface area contributed by atoms with Crippen LogP contribution in [0.5, 0.6) is 0 Å². The van der Waals surface area contributed by atoms with Crippen molar-refractivity contribution in [3.63, 3.8) is 0 Å². The van der Waals surface area contributed by atoms with Crippen molar-refractivity contribution in [2.24, 2.45) is 0 Å². The molecule has 1 heterocycles. The number of nitrogens with zero attached hydrogens (tertiary/aromatic N) is 1. The molecule has 3 aromatic rings. The van der Waals surface area contributed by atoms with Crippen LogP contribution in [0.2, 0.25) is 0 Å². The molecule has 0 saturated heterocycles. The quantitative estimate of drug-likeness (QED) is 0.677. The van der Waals surface area contributed by atoms with Gasteiger partial charge in [0, 0.05) is 18.7 Å². The minimum absolute atomic E-state index is 0.0625. The highest BCUT2D eigenvalue weighted by Crippen LogP contribution is 2.44. The van der Waals surface area contributed by atoms with E-state index in [-0.39, 0.29) is 5.92 Å². The van der Waals surface area contributed by atoms with E-state index in [9.17, 15) is 4.79 Å². The summed E-state index contributed by atoms with van der Waals surface area (Å²) < 4.78 is 5.51. The Morgan fingerprint density at radius 1 is 1.14 bits per heavy atom. The SMILES string of the molecule is Cc1cc(C=CCNC(=O)OCC2c3ccccc3-c3ccccc32)cnc1N. The number of carbonyl (C=O) groups is 1. The van der Waals surface area contributed by atoms with Crippen LogP contribution in [0.4, 0.5) is 10.6 Å². The number of nitrogen functional groups attached to an aromatic ring is 1. The lowest BCUT2D eigenvalue weighted by Crippen LogP contribution is -2.26. The number of hydrogen-bond donors (Lipinski definition) is 2. The highest BCUT2D eigenvalue weighted by atomic mass is 16.5. The van der Waals surface area contributed by atoms with Gasteiger partial charge in [0.2, 0.25) is 0 Å². The van der Waals surface area contributed by atoms with Crippen LogP contribution in [0, 0.1) is 6.92 Å². The first-order chi connectivity index (χ1) is 14.1. The van der Waals surface area contributed by atoms with Gasteiger partial charge in [-0.2, -0.15) is 0 Å². The fraction of sp³-hybridized carbons (Fsp3) is 0.167. The molecule has 0 bridgehead atoms. The summed E-state index contributed by atoms with van der Waals surface area (Å²) in [5.41, 5.74) is 12.4. The molecule has 0 fully saturated rings. The zero-order valence-electron chi connectivity index (χ0n) is 16.3. The summed E-state index contributed by atoms with van der Waals surface area (Å²) in [6, 6.07) is 18.5. The standard InChI is InChI=1S/C24H23N3O2/c1-16-13-17(14-27-23(16)25)7-6-12-26-24(28)29-15-22-20-10-4-2-8-18(20)19-9-3-5-11-21(19)22/h2-11,13-14,22H,12,15H2,1H3,(H2,25,27)(H,26,28). The van der Waals surface area contributed by atoms with Crippen LogP contribution in [0.25, 0.3) is 17.2 Å². The van der Waals surface area contributed by atoms with Crippen LogP contribution in [-0.2, 0) is 4.74 Å². The van der Waals surface area contributed by atoms with Crippen LogP contribution < -0.4 is 11.1 Å². The summed E-state index contributed by atoms with van der Waals surface area (Å²) in [6.07, 6.45) is 5.02. The number of benzene rings is 2. The summed E-state index contributed by atoms with van der Waals surface area (Å²) in [5, 5.41) is 2.76. The first-order valence-electron chi connectivity index (χ1n) is 9.61. The summed E-state index contributed by atoms with van der Waals surface area (Å²) in [6.45, 7) is 2.60. The van der Waals surface area contributed by atoms with Crippen molar-refractivity contribution in [3.05, 3.63) is 89.1 Å². The number of ether oxygens (including phenoxy) is 1. The topological polar surface area (TPSA) is 77.2 Å². The molecule has 1 aromatic heterocycles. The zero-order valence-corrected chi connectivity index (χ0v) is 16.3. The van der Waals surface area contributed by atoms with E-state index in [0.29, 0.717) is 19.0 Å². The number of anilines is 1. The average molecular weight is 385 g/mol. The predicted octanol–water partition coefficient (Wildman–Crippen LogP) is 4.52. The Labute approximate surface area is 170 Å². The first-order valence-corrected chi connectivity index (χ1v) is 9.61. The Morgan fingerprint density at radius 2 is 1.79 bits per heavy atom. The summed E-state index contributed by atoms with van der Waals surface area (Å²) in [4.78, 5) is 16.3. The van der Waals surface area contributed by atoms with Gasteiger partial charge in [-0.05, 0) is 46.4 Å². The van der Waals surface area contributed by atoms with Crippen molar-refractivity contribution in [3.8, 4) is 11.1 Å². The molecule has 1 amide bonds. The molecule has 4 rings (SSSR count). The van der Waals surface area contributed by atoms with Crippen molar-refractivity contribution in [1.82, 2.24) is 10.3 Å². The Hall–Kier alpha value is -3.60. The number of nitrogens with two attached hydrogens (primary N) is 1. The maximum absolute atomic E-state index is 12.1. The molecule has 0 aliphatic heterocycles. The lowest BCUT2D eigenvalue weighted by Gasteiger charge is -2.14. The van der Waals surface area contributed by atoms with Crippen LogP contribution in [0.3, 0.4) is 0 Å². The smallest absolute Gasteiger partial charge is 0.407 e. The van der Waals surface area contributed by atoms with Crippen LogP contribution in [0.15, 0.2) is 66.9 Å². The number of hydrogen-bond acceptors (Lipinski definition) is 4. The fourth-order valence-corrected chi connectivity index (χ4v) is 3.68. The molecule has 5 heteroatoms. The van der Waals surface area contributed by atoms with Crippen molar-refractivity contribution in [2.75, 3.05) is 18.9 Å². The van der Waals surface area contributed by atoms with Gasteiger partial charge in [0.15, 0.2) is 0 Å². The number of alkyl carbamates (subject to hydrolysis) is 1. The number of fused-ring (bicyclic) bond motifs is 3. The number of aromatic nitrogens is 1. The highest BCUT2D eigenvalue weighted by Gasteiger charge is 2.28. The Kier molecular flexibility index (Phi) is 5.29. The van der Waals surface area contributed by atoms with Gasteiger partial charge in [0.05, 0.1) is 0 Å². The molecule has 29 heavy (non-hydrogen) atoms. The van der Waals surface area contributed by atoms with Gasteiger partial charge < -0.3 is 15.8 Å². The number of rotatable bonds is 5. The van der Waals surface area contributed by atoms with Crippen molar-refractivity contribution in [1.29, 1.82) is 0 Å². The van der Waals surface area contributed by atoms with Gasteiger partial charge in [-0.3, -0.25) is 0 Å². The molecular weight excluding hydrogens is 362 g/mol. The first kappa shape index (κ1) is 18.7. The summed E-state index contributed by atoms with van der Waals surface area (Å²) >= 11 is 0. The van der Waals surface area contributed by atoms with Gasteiger partial charge in [-0.15, -0.1) is 0 Å². The lowest BCUT2D eigenvalue weighted by atomic mass is 9.98. The highest BCUT2D eigenvalue weighted by molar-refractivity contribution is 5.79. The van der Waals surface area contributed by atoms with Crippen LogP contribution in [0.1, 0.15) is 28.2 Å². The second kappa shape index (κ2) is 8.19. The second-order valence-electron chi connectivity index (χ2n) is 7.08. The van der Waals surface area contributed by atoms with Gasteiger partial charge in [0.1, 0.15) is 12.4 Å². The average Bonchev–Trinajstić information content (AvgIpc) is 3.06. The largest absolute Gasteiger partial charge is 0.449 e. The zero-order chi connectivity index (χ0) is 20.2. The fourth-order valence-electron chi connectivity index (χ4n) is 3.68. The molecule has 0 spiro atoms. The molecule has 0 unspecified atom stereocenters. The van der Waals surface area contributed by atoms with Gasteiger partial charge in [-0.25, -0.2) is 9.78 Å². The normalized spacial score (nSPS) is 12.6. The van der Waals surface area contributed by atoms with Crippen LogP contribution >= 0.6 is 0 Å². The van der Waals surface area contributed by atoms with E-state index in [1.54, 1.807) is 6.20 Å². The molecule has 0 atom stereocenters. The monoisotopic (exact) mass is 385 g/mol. The minimum atomic E-state index is -0.428. The van der Waals surface area contributed by atoms with E-state index in [1.807, 2.05) is 49.4 Å². The third-order valence-electron chi connectivity index (χ3n) is 5.16. The summed E-state index contributed by atoms with van der Waals surface area (Å²) in [5.74, 6) is 0.589. The Bertz CT molecular complexity index is 1030. The second-order valence-corrected chi connectivity index (χ2v) is 7.08. The molecule has 3 N–H and O–H groups in total. The molecule has 1 aliphatic carbocycles. The predicted molar refractivity (Wildman–Crippen MR) is 115 cm³/mol. The maximum atomic E-state index is 12.1. The van der Waals surface area contributed by atoms with Crippen molar-refractivity contribution >= 4 is 18.0 Å². The molecule has 2 aromatic carbocycles. The van der Waals surface area contributed by atoms with Crippen LogP contribution in [-0.4, -0.2) is 24.2 Å². The van der Waals surface area contributed by atoms with Gasteiger partial charge >= 0.3 is 6.09 Å². The van der Waals surface area contributed by atoms with E-state index < -0.39 is 6.09 Å².